The number of amides is 1. The lowest BCUT2D eigenvalue weighted by Gasteiger charge is -2.04. The van der Waals surface area contributed by atoms with Crippen LogP contribution in [0.25, 0.3) is 10.9 Å². The SMILES string of the molecule is CCNC(=O)Cn1cc(S(=O)(=O)Cl)c2ccccc21. The van der Waals surface area contributed by atoms with Crippen LogP contribution in [-0.4, -0.2) is 25.4 Å². The summed E-state index contributed by atoms with van der Waals surface area (Å²) in [5.41, 5.74) is 0.660. The van der Waals surface area contributed by atoms with Gasteiger partial charge in [0.1, 0.15) is 11.4 Å². The number of halogens is 1. The molecule has 0 saturated heterocycles. The Morgan fingerprint density at radius 2 is 2.05 bits per heavy atom. The standard InChI is InChI=1S/C12H13ClN2O3S/c1-2-14-12(16)8-15-7-11(19(13,17)18)9-5-3-4-6-10(9)15/h3-7H,2,8H2,1H3,(H,14,16). The van der Waals surface area contributed by atoms with Gasteiger partial charge in [-0.1, -0.05) is 18.2 Å². The van der Waals surface area contributed by atoms with Crippen LogP contribution in [0.4, 0.5) is 0 Å². The van der Waals surface area contributed by atoms with Gasteiger partial charge in [0, 0.05) is 34.3 Å². The fourth-order valence-corrected chi connectivity index (χ4v) is 3.00. The highest BCUT2D eigenvalue weighted by Crippen LogP contribution is 2.27. The quantitative estimate of drug-likeness (QED) is 0.874. The zero-order chi connectivity index (χ0) is 14.0. The summed E-state index contributed by atoms with van der Waals surface area (Å²) in [4.78, 5) is 11.6. The Hall–Kier alpha value is -1.53. The third kappa shape index (κ3) is 2.90. The van der Waals surface area contributed by atoms with E-state index in [2.05, 4.69) is 5.32 Å². The van der Waals surface area contributed by atoms with Gasteiger partial charge in [-0.3, -0.25) is 4.79 Å². The van der Waals surface area contributed by atoms with E-state index in [1.807, 2.05) is 6.92 Å². The van der Waals surface area contributed by atoms with E-state index in [9.17, 15) is 13.2 Å². The molecule has 0 aliphatic carbocycles. The molecule has 1 heterocycles. The minimum atomic E-state index is -3.84. The van der Waals surface area contributed by atoms with Crippen molar-refractivity contribution in [3.8, 4) is 0 Å². The normalized spacial score (nSPS) is 11.7. The highest BCUT2D eigenvalue weighted by Gasteiger charge is 2.19. The average molecular weight is 301 g/mol. The second-order valence-electron chi connectivity index (χ2n) is 4.03. The van der Waals surface area contributed by atoms with Crippen LogP contribution in [0.3, 0.4) is 0 Å². The smallest absolute Gasteiger partial charge is 0.263 e. The number of nitrogens with zero attached hydrogens (tertiary/aromatic N) is 1. The molecule has 0 fully saturated rings. The van der Waals surface area contributed by atoms with Crippen molar-refractivity contribution in [2.24, 2.45) is 0 Å². The molecule has 0 radical (unpaired) electrons. The van der Waals surface area contributed by atoms with Crippen LogP contribution in [0.5, 0.6) is 0 Å². The van der Waals surface area contributed by atoms with E-state index in [4.69, 9.17) is 10.7 Å². The van der Waals surface area contributed by atoms with Crippen molar-refractivity contribution in [2.45, 2.75) is 18.4 Å². The highest BCUT2D eigenvalue weighted by molar-refractivity contribution is 8.14. The van der Waals surface area contributed by atoms with Gasteiger partial charge in [-0.25, -0.2) is 8.42 Å². The first-order valence-corrected chi connectivity index (χ1v) is 8.03. The van der Waals surface area contributed by atoms with Crippen LogP contribution in [0, 0.1) is 0 Å². The van der Waals surface area contributed by atoms with E-state index in [-0.39, 0.29) is 17.3 Å². The molecule has 2 rings (SSSR count). The van der Waals surface area contributed by atoms with Crippen LogP contribution in [0.1, 0.15) is 6.92 Å². The summed E-state index contributed by atoms with van der Waals surface area (Å²) in [6.45, 7) is 2.40. The lowest BCUT2D eigenvalue weighted by atomic mass is 10.2. The molecule has 0 unspecified atom stereocenters. The molecule has 1 aromatic carbocycles. The molecule has 0 bridgehead atoms. The summed E-state index contributed by atoms with van der Waals surface area (Å²) in [5, 5.41) is 3.18. The Morgan fingerprint density at radius 1 is 1.37 bits per heavy atom. The van der Waals surface area contributed by atoms with Gasteiger partial charge in [0.15, 0.2) is 0 Å². The summed E-state index contributed by atoms with van der Waals surface area (Å²) < 4.78 is 24.6. The second kappa shape index (κ2) is 5.22. The predicted octanol–water partition coefficient (Wildman–Crippen LogP) is 1.70. The number of benzene rings is 1. The van der Waals surface area contributed by atoms with Gasteiger partial charge in [-0.2, -0.15) is 0 Å². The zero-order valence-corrected chi connectivity index (χ0v) is 11.8. The third-order valence-corrected chi connectivity index (χ3v) is 4.05. The number of aromatic nitrogens is 1. The van der Waals surface area contributed by atoms with Crippen molar-refractivity contribution >= 4 is 36.5 Å². The van der Waals surface area contributed by atoms with Gasteiger partial charge in [0.2, 0.25) is 5.91 Å². The molecule has 19 heavy (non-hydrogen) atoms. The van der Waals surface area contributed by atoms with Crippen LogP contribution < -0.4 is 5.32 Å². The van der Waals surface area contributed by atoms with Gasteiger partial charge < -0.3 is 9.88 Å². The first kappa shape index (κ1) is 13.9. The molecule has 0 saturated carbocycles. The highest BCUT2D eigenvalue weighted by atomic mass is 35.7. The van der Waals surface area contributed by atoms with E-state index in [0.29, 0.717) is 17.4 Å². The Balaban J connectivity index is 2.54. The summed E-state index contributed by atoms with van der Waals surface area (Å²) in [5.74, 6) is -0.179. The molecule has 102 valence electrons. The summed E-state index contributed by atoms with van der Waals surface area (Å²) in [6, 6.07) is 6.92. The Morgan fingerprint density at radius 3 is 2.68 bits per heavy atom. The number of hydrogen-bond donors (Lipinski definition) is 1. The monoisotopic (exact) mass is 300 g/mol. The van der Waals surface area contributed by atoms with Gasteiger partial charge in [-0.05, 0) is 13.0 Å². The molecule has 0 atom stereocenters. The summed E-state index contributed by atoms with van der Waals surface area (Å²) in [7, 11) is 1.57. The third-order valence-electron chi connectivity index (χ3n) is 2.70. The molecule has 0 aliphatic heterocycles. The van der Waals surface area contributed by atoms with Crippen molar-refractivity contribution in [3.63, 3.8) is 0 Å². The fraction of sp³-hybridized carbons (Fsp3) is 0.250. The Bertz CT molecular complexity index is 722. The largest absolute Gasteiger partial charge is 0.355 e. The first-order valence-electron chi connectivity index (χ1n) is 5.72. The number of carbonyl (C=O) groups excluding carboxylic acids is 1. The lowest BCUT2D eigenvalue weighted by Crippen LogP contribution is -2.26. The fourth-order valence-electron chi connectivity index (χ4n) is 1.95. The molecule has 0 aliphatic rings. The first-order chi connectivity index (χ1) is 8.93. The van der Waals surface area contributed by atoms with E-state index < -0.39 is 9.05 Å². The molecule has 0 spiro atoms. The minimum absolute atomic E-state index is 0.0223. The Labute approximate surface area is 115 Å². The van der Waals surface area contributed by atoms with Crippen molar-refractivity contribution in [2.75, 3.05) is 6.54 Å². The van der Waals surface area contributed by atoms with E-state index in [1.165, 1.54) is 6.20 Å². The second-order valence-corrected chi connectivity index (χ2v) is 6.56. The van der Waals surface area contributed by atoms with Crippen molar-refractivity contribution < 1.29 is 13.2 Å². The number of likely N-dealkylation sites (N-methyl/N-ethyl adjacent to an activating group) is 1. The van der Waals surface area contributed by atoms with Crippen LogP contribution in [0.15, 0.2) is 35.4 Å². The zero-order valence-electron chi connectivity index (χ0n) is 10.3. The maximum Gasteiger partial charge on any atom is 0.263 e. The molecule has 1 aromatic heterocycles. The topological polar surface area (TPSA) is 68.2 Å². The number of hydrogen-bond acceptors (Lipinski definition) is 3. The molecule has 5 nitrogen and oxygen atoms in total. The van der Waals surface area contributed by atoms with E-state index >= 15 is 0 Å². The Kier molecular flexibility index (Phi) is 3.82. The van der Waals surface area contributed by atoms with Gasteiger partial charge >= 0.3 is 0 Å². The summed E-state index contributed by atoms with van der Waals surface area (Å²) in [6.07, 6.45) is 1.39. The minimum Gasteiger partial charge on any atom is -0.355 e. The molecule has 1 N–H and O–H groups in total. The maximum atomic E-state index is 11.6. The van der Waals surface area contributed by atoms with Gasteiger partial charge in [0.05, 0.1) is 0 Å². The molecular formula is C12H13ClN2O3S. The molecule has 1 amide bonds. The van der Waals surface area contributed by atoms with Crippen LogP contribution >= 0.6 is 10.7 Å². The van der Waals surface area contributed by atoms with Crippen molar-refractivity contribution in [3.05, 3.63) is 30.5 Å². The number of fused-ring (bicyclic) bond motifs is 1. The van der Waals surface area contributed by atoms with E-state index in [0.717, 1.165) is 0 Å². The molecule has 2 aromatic rings. The van der Waals surface area contributed by atoms with Gasteiger partial charge in [-0.15, -0.1) is 0 Å². The molecule has 7 heteroatoms. The average Bonchev–Trinajstić information content (AvgIpc) is 2.69. The van der Waals surface area contributed by atoms with Crippen molar-refractivity contribution in [1.82, 2.24) is 9.88 Å². The lowest BCUT2D eigenvalue weighted by molar-refractivity contribution is -0.121. The number of rotatable bonds is 4. The van der Waals surface area contributed by atoms with E-state index in [1.54, 1.807) is 28.8 Å². The van der Waals surface area contributed by atoms with Crippen LogP contribution in [-0.2, 0) is 20.4 Å². The number of para-hydroxylation sites is 1. The summed E-state index contributed by atoms with van der Waals surface area (Å²) >= 11 is 0. The van der Waals surface area contributed by atoms with Crippen LogP contribution in [0.2, 0.25) is 0 Å². The predicted molar refractivity (Wildman–Crippen MR) is 73.7 cm³/mol. The number of nitrogens with one attached hydrogen (secondary N) is 1. The van der Waals surface area contributed by atoms with Crippen molar-refractivity contribution in [1.29, 1.82) is 0 Å². The van der Waals surface area contributed by atoms with Gasteiger partial charge in [0.25, 0.3) is 9.05 Å². The maximum absolute atomic E-state index is 11.6. The number of carbonyl (C=O) groups is 1. The molecular weight excluding hydrogens is 288 g/mol.